The van der Waals surface area contributed by atoms with Gasteiger partial charge in [0.15, 0.2) is 0 Å². The van der Waals surface area contributed by atoms with Gasteiger partial charge in [-0.25, -0.2) is 0 Å². The molecule has 8 heteroatoms. The van der Waals surface area contributed by atoms with E-state index in [1.165, 1.54) is 11.1 Å². The lowest BCUT2D eigenvalue weighted by molar-refractivity contribution is -0.144. The van der Waals surface area contributed by atoms with E-state index in [9.17, 15) is 14.7 Å². The summed E-state index contributed by atoms with van der Waals surface area (Å²) >= 11 is 0. The van der Waals surface area contributed by atoms with Crippen LogP contribution in [0.25, 0.3) is 11.6 Å². The van der Waals surface area contributed by atoms with E-state index in [-0.39, 0.29) is 47.5 Å². The molecule has 4 atom stereocenters. The molecule has 0 radical (unpaired) electrons. The van der Waals surface area contributed by atoms with Crippen LogP contribution in [-0.4, -0.2) is 77.3 Å². The summed E-state index contributed by atoms with van der Waals surface area (Å²) in [5.41, 5.74) is 6.51. The number of likely N-dealkylation sites (tertiary alicyclic amines) is 2. The number of carbonyl (C=O) groups is 2. The van der Waals surface area contributed by atoms with Crippen LogP contribution in [0, 0.1) is 17.8 Å². The van der Waals surface area contributed by atoms with E-state index in [0.717, 1.165) is 61.3 Å². The van der Waals surface area contributed by atoms with Crippen molar-refractivity contribution in [3.63, 3.8) is 0 Å². The molecular formula is C39H43N3O5. The van der Waals surface area contributed by atoms with Crippen molar-refractivity contribution in [3.05, 3.63) is 107 Å². The number of nitrogens with zero attached hydrogens (tertiary/aromatic N) is 3. The van der Waals surface area contributed by atoms with Gasteiger partial charge in [0.05, 0.1) is 36.8 Å². The topological polar surface area (TPSA) is 92.2 Å². The number of ether oxygens (including phenoxy) is 2. The molecule has 1 aliphatic carbocycles. The maximum absolute atomic E-state index is 14.2. The van der Waals surface area contributed by atoms with E-state index < -0.39 is 0 Å². The Kier molecular flexibility index (Phi) is 9.34. The van der Waals surface area contributed by atoms with Crippen LogP contribution in [0.15, 0.2) is 90.1 Å². The van der Waals surface area contributed by atoms with Gasteiger partial charge in [-0.15, -0.1) is 0 Å². The second-order valence-corrected chi connectivity index (χ2v) is 13.3. The van der Waals surface area contributed by atoms with Gasteiger partial charge >= 0.3 is 0 Å². The molecule has 1 N–H and O–H groups in total. The number of imide groups is 1. The third-order valence-corrected chi connectivity index (χ3v) is 10.4. The number of piperidine rings is 1. The van der Waals surface area contributed by atoms with Crippen LogP contribution in [0.4, 0.5) is 0 Å². The Hall–Kier alpha value is -4.11. The average Bonchev–Trinajstić information content (AvgIpc) is 3.63. The number of aromatic hydroxyl groups is 1. The molecule has 47 heavy (non-hydrogen) atoms. The van der Waals surface area contributed by atoms with E-state index in [1.54, 1.807) is 30.3 Å². The minimum Gasteiger partial charge on any atom is -0.508 e. The van der Waals surface area contributed by atoms with Crippen LogP contribution in [0.3, 0.4) is 0 Å². The van der Waals surface area contributed by atoms with Gasteiger partial charge in [0, 0.05) is 44.9 Å². The van der Waals surface area contributed by atoms with Crippen molar-refractivity contribution in [3.8, 4) is 5.75 Å². The molecule has 0 spiro atoms. The van der Waals surface area contributed by atoms with Crippen molar-refractivity contribution in [1.82, 2.24) is 14.8 Å². The molecule has 0 unspecified atom stereocenters. The summed E-state index contributed by atoms with van der Waals surface area (Å²) in [5, 5.41) is 9.77. The number of methoxy groups -OCH3 is 1. The normalized spacial score (nSPS) is 25.4. The minimum absolute atomic E-state index is 0.00752. The monoisotopic (exact) mass is 633 g/mol. The zero-order valence-corrected chi connectivity index (χ0v) is 27.0. The molecule has 2 aromatic carbocycles. The van der Waals surface area contributed by atoms with Crippen LogP contribution < -0.4 is 0 Å². The number of aromatic nitrogens is 1. The Morgan fingerprint density at radius 2 is 1.74 bits per heavy atom. The first-order valence-electron chi connectivity index (χ1n) is 16.9. The lowest BCUT2D eigenvalue weighted by Gasteiger charge is -2.36. The third kappa shape index (κ3) is 6.55. The average molecular weight is 634 g/mol. The maximum atomic E-state index is 14.2. The quantitative estimate of drug-likeness (QED) is 0.225. The van der Waals surface area contributed by atoms with Crippen molar-refractivity contribution in [1.29, 1.82) is 0 Å². The number of fused-ring (bicyclic) bond motifs is 3. The first kappa shape index (κ1) is 31.5. The lowest BCUT2D eigenvalue weighted by Crippen LogP contribution is -2.47. The largest absolute Gasteiger partial charge is 0.508 e. The van der Waals surface area contributed by atoms with Crippen LogP contribution in [0.5, 0.6) is 5.75 Å². The smallest absolute Gasteiger partial charge is 0.234 e. The molecule has 4 heterocycles. The van der Waals surface area contributed by atoms with Crippen molar-refractivity contribution < 1.29 is 24.2 Å². The van der Waals surface area contributed by atoms with Gasteiger partial charge in [0.1, 0.15) is 5.75 Å². The first-order valence-corrected chi connectivity index (χ1v) is 16.9. The highest BCUT2D eigenvalue weighted by molar-refractivity contribution is 6.06. The van der Waals surface area contributed by atoms with Crippen LogP contribution in [0.2, 0.25) is 0 Å². The number of phenolic OH excluding ortho intramolecular Hbond substituents is 1. The summed E-state index contributed by atoms with van der Waals surface area (Å²) < 4.78 is 12.2. The Labute approximate surface area is 276 Å². The number of rotatable bonds is 10. The summed E-state index contributed by atoms with van der Waals surface area (Å²) in [7, 11) is 1.69. The zero-order chi connectivity index (χ0) is 32.3. The van der Waals surface area contributed by atoms with Crippen LogP contribution >= 0.6 is 0 Å². The number of pyridine rings is 1. The number of allylic oxidation sites excluding steroid dienone is 1. The van der Waals surface area contributed by atoms with Gasteiger partial charge in [0.25, 0.3) is 0 Å². The summed E-state index contributed by atoms with van der Waals surface area (Å²) in [6.07, 6.45) is 7.36. The Morgan fingerprint density at radius 3 is 2.47 bits per heavy atom. The molecule has 4 aliphatic rings. The highest BCUT2D eigenvalue weighted by atomic mass is 16.5. The van der Waals surface area contributed by atoms with Crippen molar-refractivity contribution in [2.24, 2.45) is 17.8 Å². The van der Waals surface area contributed by atoms with Gasteiger partial charge in [0.2, 0.25) is 11.8 Å². The highest BCUT2D eigenvalue weighted by Crippen LogP contribution is 2.50. The minimum atomic E-state index is -0.367. The maximum Gasteiger partial charge on any atom is 0.234 e. The Bertz CT molecular complexity index is 1630. The molecule has 7 rings (SSSR count). The molecule has 3 saturated heterocycles. The SMILES string of the molecule is COCC1=C2[C@@H](CC/C(=C/c3ccc(O)cc3)c3ccccn3)OC[C@@H]2[C@@H]2C(=O)N(C3CCN(Cc4ccccc4)CC3)C(=O)[C@@H]2C1. The van der Waals surface area contributed by atoms with Gasteiger partial charge in [-0.1, -0.05) is 48.5 Å². The standard InChI is InChI=1S/C39H43N3O5/c1-46-24-29-22-32-37(39(45)42(38(32)44)30-16-19-41(20-17-30)23-27-7-3-2-4-8-27)33-25-47-35(36(29)33)15-12-28(34-9-5-6-18-40-34)21-26-10-13-31(43)14-11-26/h2-11,13-14,18,21,30,32-33,35,37,43H,12,15-17,19-20,22-25H2,1H3/b28-21-/t32-,33+,35-,37-/m1/s1. The molecule has 2 amide bonds. The van der Waals surface area contributed by atoms with Crippen molar-refractivity contribution in [2.45, 2.75) is 50.8 Å². The fourth-order valence-electron chi connectivity index (χ4n) is 8.23. The molecule has 0 bridgehead atoms. The van der Waals surface area contributed by atoms with Gasteiger partial charge in [-0.3, -0.25) is 24.4 Å². The van der Waals surface area contributed by atoms with Crippen LogP contribution in [-0.2, 0) is 25.6 Å². The molecule has 8 nitrogen and oxygen atoms in total. The van der Waals surface area contributed by atoms with Gasteiger partial charge < -0.3 is 14.6 Å². The first-order chi connectivity index (χ1) is 23.0. The predicted octanol–water partition coefficient (Wildman–Crippen LogP) is 5.74. The number of hydrogen-bond acceptors (Lipinski definition) is 7. The van der Waals surface area contributed by atoms with Crippen LogP contribution in [0.1, 0.15) is 48.9 Å². The van der Waals surface area contributed by atoms with E-state index in [4.69, 9.17) is 9.47 Å². The molecule has 3 aromatic rings. The fourth-order valence-corrected chi connectivity index (χ4v) is 8.23. The molecule has 0 saturated carbocycles. The summed E-state index contributed by atoms with van der Waals surface area (Å²) in [4.78, 5) is 36.8. The van der Waals surface area contributed by atoms with E-state index in [0.29, 0.717) is 26.1 Å². The Balaban J connectivity index is 1.07. The number of benzene rings is 2. The molecule has 244 valence electrons. The summed E-state index contributed by atoms with van der Waals surface area (Å²) in [6.45, 7) is 3.51. The summed E-state index contributed by atoms with van der Waals surface area (Å²) in [6, 6.07) is 23.5. The Morgan fingerprint density at radius 1 is 0.979 bits per heavy atom. The fraction of sp³-hybridized carbons (Fsp3) is 0.410. The third-order valence-electron chi connectivity index (χ3n) is 10.4. The van der Waals surface area contributed by atoms with E-state index in [2.05, 4.69) is 40.2 Å². The van der Waals surface area contributed by atoms with E-state index >= 15 is 0 Å². The molecule has 1 aromatic heterocycles. The second kappa shape index (κ2) is 13.9. The zero-order valence-electron chi connectivity index (χ0n) is 27.0. The number of amides is 2. The number of carbonyl (C=O) groups excluding carboxylic acids is 2. The van der Waals surface area contributed by atoms with Gasteiger partial charge in [-0.05, 0) is 90.3 Å². The highest BCUT2D eigenvalue weighted by Gasteiger charge is 2.58. The lowest BCUT2D eigenvalue weighted by atomic mass is 9.69. The second-order valence-electron chi connectivity index (χ2n) is 13.3. The van der Waals surface area contributed by atoms with Gasteiger partial charge in [-0.2, -0.15) is 0 Å². The molecule has 3 aliphatic heterocycles. The van der Waals surface area contributed by atoms with Crippen molar-refractivity contribution in [2.75, 3.05) is 33.4 Å². The number of phenols is 1. The predicted molar refractivity (Wildman–Crippen MR) is 180 cm³/mol. The summed E-state index contributed by atoms with van der Waals surface area (Å²) in [5.74, 6) is -0.606. The molecular weight excluding hydrogens is 590 g/mol. The van der Waals surface area contributed by atoms with E-state index in [1.807, 2.05) is 36.4 Å². The van der Waals surface area contributed by atoms with Crippen molar-refractivity contribution >= 4 is 23.5 Å². The number of hydrogen-bond donors (Lipinski definition) is 1. The molecule has 3 fully saturated rings.